The Morgan fingerprint density at radius 3 is 2.32 bits per heavy atom. The van der Waals surface area contributed by atoms with Gasteiger partial charge in [-0.3, -0.25) is 0 Å². The first-order valence-electron chi connectivity index (χ1n) is 10.8. The molecule has 0 aliphatic carbocycles. The van der Waals surface area contributed by atoms with Crippen LogP contribution in [0.5, 0.6) is 5.75 Å². The molecule has 0 heterocycles. The molecule has 0 fully saturated rings. The molecule has 0 saturated heterocycles. The summed E-state index contributed by atoms with van der Waals surface area (Å²) in [6.07, 6.45) is -0.364. The van der Waals surface area contributed by atoms with Crippen LogP contribution < -0.4 is 26.1 Å². The molecule has 2 rings (SSSR count). The van der Waals surface area contributed by atoms with Gasteiger partial charge in [-0.1, -0.05) is 0 Å². The molecule has 37 heavy (non-hydrogen) atoms. The SMILES string of the molecule is N[C@H](CCC(=O)N[C@H](CS[Se]c1ccccc1C(=O)Nc1ccc(O)cc1)C(=O)NCC(=O)O)C(=O)O. The van der Waals surface area contributed by atoms with Crippen LogP contribution in [0.2, 0.25) is 0 Å². The van der Waals surface area contributed by atoms with Crippen LogP contribution in [-0.4, -0.2) is 83.2 Å². The van der Waals surface area contributed by atoms with Gasteiger partial charge in [-0.25, -0.2) is 0 Å². The van der Waals surface area contributed by atoms with Crippen LogP contribution in [0.3, 0.4) is 0 Å². The number of rotatable bonds is 14. The van der Waals surface area contributed by atoms with Crippen molar-refractivity contribution in [3.8, 4) is 5.75 Å². The fourth-order valence-electron chi connectivity index (χ4n) is 2.78. The van der Waals surface area contributed by atoms with E-state index < -0.39 is 42.4 Å². The Morgan fingerprint density at radius 1 is 1.00 bits per heavy atom. The molecule has 0 aliphatic rings. The molecule has 14 heteroatoms. The monoisotopic (exact) mass is 598 g/mol. The molecule has 2 aromatic rings. The number of carboxylic acids is 2. The van der Waals surface area contributed by atoms with Crippen molar-refractivity contribution in [2.75, 3.05) is 17.6 Å². The van der Waals surface area contributed by atoms with Crippen LogP contribution in [0.4, 0.5) is 5.69 Å². The van der Waals surface area contributed by atoms with Gasteiger partial charge in [0.05, 0.1) is 0 Å². The van der Waals surface area contributed by atoms with E-state index in [9.17, 15) is 29.1 Å². The van der Waals surface area contributed by atoms with Gasteiger partial charge in [-0.05, 0) is 0 Å². The number of amides is 3. The third kappa shape index (κ3) is 10.5. The van der Waals surface area contributed by atoms with E-state index in [-0.39, 0.29) is 44.1 Å². The van der Waals surface area contributed by atoms with Gasteiger partial charge < -0.3 is 0 Å². The molecule has 2 aromatic carbocycles. The van der Waals surface area contributed by atoms with E-state index in [4.69, 9.17) is 15.9 Å². The summed E-state index contributed by atoms with van der Waals surface area (Å²) in [5, 5.41) is 34.5. The average Bonchev–Trinajstić information content (AvgIpc) is 2.86. The second kappa shape index (κ2) is 14.9. The van der Waals surface area contributed by atoms with Gasteiger partial charge in [-0.15, -0.1) is 0 Å². The van der Waals surface area contributed by atoms with Gasteiger partial charge in [0, 0.05) is 0 Å². The van der Waals surface area contributed by atoms with Crippen LogP contribution in [-0.2, 0) is 19.2 Å². The standard InChI is InChI=1S/C23H26N4O8SSe/c24-16(23(34)35)9-10-19(29)27-17(22(33)25-11-20(30)31)12-36-37-18-4-2-1-3-15(18)21(32)26-13-5-7-14(28)8-6-13/h1-8,16-17,28H,9-12,24H2,(H,25,33)(H,26,32)(H,27,29)(H,30,31)(H,34,35)/t16-,17-/m1/s1. The zero-order chi connectivity index (χ0) is 27.4. The number of nitrogens with one attached hydrogen (secondary N) is 3. The van der Waals surface area contributed by atoms with Gasteiger partial charge in [0.25, 0.3) is 0 Å². The summed E-state index contributed by atoms with van der Waals surface area (Å²) in [4.78, 5) is 59.2. The summed E-state index contributed by atoms with van der Waals surface area (Å²) in [5.41, 5.74) is 6.32. The Labute approximate surface area is 221 Å². The van der Waals surface area contributed by atoms with E-state index in [1.807, 2.05) is 0 Å². The van der Waals surface area contributed by atoms with Gasteiger partial charge >= 0.3 is 222 Å². The molecular weight excluding hydrogens is 571 g/mol. The maximum atomic E-state index is 12.8. The topological polar surface area (TPSA) is 208 Å². The van der Waals surface area contributed by atoms with E-state index in [0.29, 0.717) is 11.3 Å². The predicted octanol–water partition coefficient (Wildman–Crippen LogP) is -0.500. The fourth-order valence-corrected chi connectivity index (χ4v) is 6.99. The normalized spacial score (nSPS) is 12.1. The zero-order valence-electron chi connectivity index (χ0n) is 19.4. The number of benzene rings is 2. The molecule has 8 N–H and O–H groups in total. The Kier molecular flexibility index (Phi) is 11.9. The first-order valence-corrected chi connectivity index (χ1v) is 14.7. The summed E-state index contributed by atoms with van der Waals surface area (Å²) in [6.45, 7) is -0.634. The fraction of sp³-hybridized carbons (Fsp3) is 0.261. The molecule has 0 saturated carbocycles. The number of anilines is 1. The first kappa shape index (κ1) is 29.6. The van der Waals surface area contributed by atoms with Crippen molar-refractivity contribution in [2.45, 2.75) is 24.9 Å². The van der Waals surface area contributed by atoms with E-state index in [1.165, 1.54) is 22.3 Å². The molecule has 0 bridgehead atoms. The number of nitrogens with two attached hydrogens (primary N) is 1. The van der Waals surface area contributed by atoms with E-state index in [1.54, 1.807) is 36.4 Å². The average molecular weight is 598 g/mol. The number of phenolic OH excluding ortho intramolecular Hbond substituents is 1. The van der Waals surface area contributed by atoms with Gasteiger partial charge in [0.1, 0.15) is 0 Å². The second-order valence-electron chi connectivity index (χ2n) is 7.58. The molecule has 3 amide bonds. The Hall–Kier alpha value is -3.58. The Balaban J connectivity index is 2.02. The molecule has 198 valence electrons. The van der Waals surface area contributed by atoms with Crippen molar-refractivity contribution in [1.29, 1.82) is 0 Å². The molecule has 0 spiro atoms. The minimum atomic E-state index is -1.25. The van der Waals surface area contributed by atoms with E-state index in [2.05, 4.69) is 16.0 Å². The van der Waals surface area contributed by atoms with Crippen molar-refractivity contribution in [1.82, 2.24) is 10.6 Å². The maximum absolute atomic E-state index is 12.8. The van der Waals surface area contributed by atoms with Crippen LogP contribution in [0, 0.1) is 0 Å². The third-order valence-corrected chi connectivity index (χ3v) is 8.95. The van der Waals surface area contributed by atoms with E-state index in [0.717, 1.165) is 4.46 Å². The summed E-state index contributed by atoms with van der Waals surface area (Å²) in [6, 6.07) is 10.6. The molecule has 2 atom stereocenters. The Bertz CT molecular complexity index is 1130. The minimum absolute atomic E-state index is 0.0666. The first-order chi connectivity index (χ1) is 17.6. The second-order valence-corrected chi connectivity index (χ2v) is 11.8. The number of carbonyl (C=O) groups excluding carboxylic acids is 3. The van der Waals surface area contributed by atoms with Crippen molar-refractivity contribution in [3.05, 3.63) is 54.1 Å². The van der Waals surface area contributed by atoms with Crippen LogP contribution >= 0.6 is 10.2 Å². The molecule has 0 aliphatic heterocycles. The summed E-state index contributed by atoms with van der Waals surface area (Å²) < 4.78 is 0.722. The van der Waals surface area contributed by atoms with Crippen molar-refractivity contribution in [3.63, 3.8) is 0 Å². The van der Waals surface area contributed by atoms with Crippen molar-refractivity contribution >= 4 is 63.8 Å². The van der Waals surface area contributed by atoms with Crippen LogP contribution in [0.1, 0.15) is 23.2 Å². The zero-order valence-corrected chi connectivity index (χ0v) is 21.9. The number of phenols is 1. The van der Waals surface area contributed by atoms with Crippen LogP contribution in [0.15, 0.2) is 48.5 Å². The van der Waals surface area contributed by atoms with Gasteiger partial charge in [-0.2, -0.15) is 0 Å². The van der Waals surface area contributed by atoms with E-state index >= 15 is 0 Å². The van der Waals surface area contributed by atoms with Gasteiger partial charge in [0.15, 0.2) is 0 Å². The molecule has 12 nitrogen and oxygen atoms in total. The van der Waals surface area contributed by atoms with Crippen LogP contribution in [0.25, 0.3) is 0 Å². The Morgan fingerprint density at radius 2 is 1.68 bits per heavy atom. The number of aromatic hydroxyl groups is 1. The number of hydrogen-bond donors (Lipinski definition) is 7. The number of carbonyl (C=O) groups is 5. The van der Waals surface area contributed by atoms with Gasteiger partial charge in [0.2, 0.25) is 0 Å². The number of aliphatic carboxylic acids is 2. The molecule has 0 aromatic heterocycles. The number of hydrogen-bond acceptors (Lipinski definition) is 8. The predicted molar refractivity (Wildman–Crippen MR) is 138 cm³/mol. The number of carboxylic acid groups (broad SMARTS) is 2. The molecule has 0 radical (unpaired) electrons. The third-order valence-electron chi connectivity index (χ3n) is 4.71. The molecule has 0 unspecified atom stereocenters. The summed E-state index contributed by atoms with van der Waals surface area (Å²) >= 11 is -0.370. The molecular formula is C23H26N4O8SSe. The quantitative estimate of drug-likeness (QED) is 0.110. The summed E-state index contributed by atoms with van der Waals surface area (Å²) in [7, 11) is 1.30. The van der Waals surface area contributed by atoms with Crippen molar-refractivity contribution < 1.29 is 39.3 Å². The summed E-state index contributed by atoms with van der Waals surface area (Å²) in [5.74, 6) is -4.03. The van der Waals surface area contributed by atoms with Crippen molar-refractivity contribution in [2.24, 2.45) is 5.73 Å².